The lowest BCUT2D eigenvalue weighted by Gasteiger charge is -2.21. The lowest BCUT2D eigenvalue weighted by molar-refractivity contribution is 0.0602. The van der Waals surface area contributed by atoms with Crippen LogP contribution in [-0.2, 0) is 4.74 Å². The summed E-state index contributed by atoms with van der Waals surface area (Å²) in [4.78, 5) is 12.2. The molecule has 114 valence electrons. The van der Waals surface area contributed by atoms with Gasteiger partial charge in [0.05, 0.1) is 12.7 Å². The molecule has 0 saturated heterocycles. The van der Waals surface area contributed by atoms with Gasteiger partial charge in [0, 0.05) is 0 Å². The SMILES string of the molecule is COC(=O)c1ccccc1P(c1ccccc1)c1ccccc1. The average molecular weight is 320 g/mol. The van der Waals surface area contributed by atoms with Crippen molar-refractivity contribution in [1.29, 1.82) is 0 Å². The van der Waals surface area contributed by atoms with Gasteiger partial charge in [-0.2, -0.15) is 0 Å². The van der Waals surface area contributed by atoms with Gasteiger partial charge in [-0.3, -0.25) is 0 Å². The second kappa shape index (κ2) is 7.21. The standard InChI is InChI=1S/C20H17O2P/c1-22-20(21)18-14-8-9-15-19(18)23(16-10-4-2-5-11-16)17-12-6-3-7-13-17/h2-15H,1H3. The Labute approximate surface area is 137 Å². The minimum absolute atomic E-state index is 0.292. The zero-order valence-corrected chi connectivity index (χ0v) is 13.7. The minimum Gasteiger partial charge on any atom is -0.465 e. The Bertz CT molecular complexity index is 746. The van der Waals surface area contributed by atoms with Crippen LogP contribution in [0.2, 0.25) is 0 Å². The van der Waals surface area contributed by atoms with Crippen LogP contribution in [0.15, 0.2) is 84.9 Å². The first kappa shape index (κ1) is 15.5. The highest BCUT2D eigenvalue weighted by molar-refractivity contribution is 7.80. The van der Waals surface area contributed by atoms with Crippen LogP contribution in [0.5, 0.6) is 0 Å². The fraction of sp³-hybridized carbons (Fsp3) is 0.0500. The molecule has 0 amide bonds. The first-order chi connectivity index (χ1) is 11.3. The molecule has 3 heteroatoms. The predicted octanol–water partition coefficient (Wildman–Crippen LogP) is 3.23. The van der Waals surface area contributed by atoms with E-state index in [1.54, 1.807) is 0 Å². The highest BCUT2D eigenvalue weighted by Crippen LogP contribution is 2.34. The van der Waals surface area contributed by atoms with E-state index in [1.807, 2.05) is 60.7 Å². The molecule has 0 radical (unpaired) electrons. The molecule has 0 atom stereocenters. The second-order valence-electron chi connectivity index (χ2n) is 5.02. The number of benzene rings is 3. The maximum absolute atomic E-state index is 12.2. The van der Waals surface area contributed by atoms with Crippen molar-refractivity contribution in [3.8, 4) is 0 Å². The fourth-order valence-corrected chi connectivity index (χ4v) is 4.97. The van der Waals surface area contributed by atoms with Gasteiger partial charge in [0.1, 0.15) is 0 Å². The molecule has 3 aromatic rings. The van der Waals surface area contributed by atoms with Crippen molar-refractivity contribution in [3.05, 3.63) is 90.5 Å². The Morgan fingerprint density at radius 2 is 1.22 bits per heavy atom. The Kier molecular flexibility index (Phi) is 4.85. The van der Waals surface area contributed by atoms with Crippen molar-refractivity contribution in [3.63, 3.8) is 0 Å². The van der Waals surface area contributed by atoms with Crippen molar-refractivity contribution >= 4 is 29.8 Å². The van der Waals surface area contributed by atoms with Gasteiger partial charge in [-0.15, -0.1) is 0 Å². The summed E-state index contributed by atoms with van der Waals surface area (Å²) in [5.74, 6) is -0.292. The monoisotopic (exact) mass is 320 g/mol. The molecule has 0 heterocycles. The third-order valence-electron chi connectivity index (χ3n) is 3.58. The van der Waals surface area contributed by atoms with Gasteiger partial charge in [0.15, 0.2) is 0 Å². The quantitative estimate of drug-likeness (QED) is 0.545. The van der Waals surface area contributed by atoms with E-state index in [9.17, 15) is 4.79 Å². The molecule has 2 nitrogen and oxygen atoms in total. The van der Waals surface area contributed by atoms with E-state index in [4.69, 9.17) is 4.74 Å². The van der Waals surface area contributed by atoms with Crippen molar-refractivity contribution in [2.75, 3.05) is 7.11 Å². The van der Waals surface area contributed by atoms with Crippen LogP contribution >= 0.6 is 7.92 Å². The number of hydrogen-bond acceptors (Lipinski definition) is 2. The largest absolute Gasteiger partial charge is 0.465 e. The van der Waals surface area contributed by atoms with Crippen molar-refractivity contribution in [2.45, 2.75) is 0 Å². The number of esters is 1. The van der Waals surface area contributed by atoms with E-state index in [0.717, 1.165) is 5.30 Å². The number of carbonyl (C=O) groups is 1. The van der Waals surface area contributed by atoms with Gasteiger partial charge in [0.2, 0.25) is 0 Å². The van der Waals surface area contributed by atoms with Crippen LogP contribution in [-0.4, -0.2) is 13.1 Å². The summed E-state index contributed by atoms with van der Waals surface area (Å²) < 4.78 is 4.97. The number of ether oxygens (including phenoxy) is 1. The summed E-state index contributed by atoms with van der Waals surface area (Å²) in [6.45, 7) is 0. The molecule has 0 spiro atoms. The molecule has 0 N–H and O–H groups in total. The van der Waals surface area contributed by atoms with E-state index in [0.29, 0.717) is 5.56 Å². The molecule has 3 aromatic carbocycles. The van der Waals surface area contributed by atoms with Crippen molar-refractivity contribution in [2.24, 2.45) is 0 Å². The molecular weight excluding hydrogens is 303 g/mol. The first-order valence-corrected chi connectivity index (χ1v) is 8.73. The van der Waals surface area contributed by atoms with E-state index in [2.05, 4.69) is 24.3 Å². The molecule has 0 aromatic heterocycles. The zero-order valence-electron chi connectivity index (χ0n) is 12.8. The van der Waals surface area contributed by atoms with Crippen LogP contribution < -0.4 is 15.9 Å². The molecule has 23 heavy (non-hydrogen) atoms. The van der Waals surface area contributed by atoms with Crippen LogP contribution in [0, 0.1) is 0 Å². The minimum atomic E-state index is -0.806. The maximum atomic E-state index is 12.2. The Hall–Kier alpha value is -2.44. The Morgan fingerprint density at radius 3 is 1.74 bits per heavy atom. The summed E-state index contributed by atoms with van der Waals surface area (Å²) in [5, 5.41) is 3.45. The van der Waals surface area contributed by atoms with E-state index in [1.165, 1.54) is 17.7 Å². The lowest BCUT2D eigenvalue weighted by Crippen LogP contribution is -2.25. The normalized spacial score (nSPS) is 10.5. The van der Waals surface area contributed by atoms with Crippen LogP contribution in [0.25, 0.3) is 0 Å². The number of carbonyl (C=O) groups excluding carboxylic acids is 1. The van der Waals surface area contributed by atoms with Crippen LogP contribution in [0.3, 0.4) is 0 Å². The molecule has 0 fully saturated rings. The predicted molar refractivity (Wildman–Crippen MR) is 96.5 cm³/mol. The summed E-state index contributed by atoms with van der Waals surface area (Å²) in [6.07, 6.45) is 0. The highest BCUT2D eigenvalue weighted by Gasteiger charge is 2.22. The molecule has 0 unspecified atom stereocenters. The van der Waals surface area contributed by atoms with E-state index < -0.39 is 7.92 Å². The summed E-state index contributed by atoms with van der Waals surface area (Å²) in [5.41, 5.74) is 0.633. The van der Waals surface area contributed by atoms with Crippen LogP contribution in [0.4, 0.5) is 0 Å². The highest BCUT2D eigenvalue weighted by atomic mass is 31.1. The fourth-order valence-electron chi connectivity index (χ4n) is 2.53. The summed E-state index contributed by atoms with van der Waals surface area (Å²) >= 11 is 0. The Morgan fingerprint density at radius 1 is 0.739 bits per heavy atom. The van der Waals surface area contributed by atoms with Crippen molar-refractivity contribution in [1.82, 2.24) is 0 Å². The number of methoxy groups -OCH3 is 1. The van der Waals surface area contributed by atoms with Gasteiger partial charge in [0.25, 0.3) is 0 Å². The van der Waals surface area contributed by atoms with Gasteiger partial charge < -0.3 is 4.74 Å². The third kappa shape index (κ3) is 3.33. The number of rotatable bonds is 4. The molecule has 0 aliphatic rings. The maximum Gasteiger partial charge on any atom is 0.338 e. The summed E-state index contributed by atoms with van der Waals surface area (Å²) in [6, 6.07) is 28.3. The average Bonchev–Trinajstić information content (AvgIpc) is 2.63. The zero-order chi connectivity index (χ0) is 16.1. The van der Waals surface area contributed by atoms with Gasteiger partial charge in [-0.05, 0) is 29.9 Å². The van der Waals surface area contributed by atoms with Crippen LogP contribution in [0.1, 0.15) is 10.4 Å². The summed E-state index contributed by atoms with van der Waals surface area (Å²) in [7, 11) is 0.617. The molecule has 0 bridgehead atoms. The van der Waals surface area contributed by atoms with Gasteiger partial charge in [-0.1, -0.05) is 78.9 Å². The van der Waals surface area contributed by atoms with E-state index in [-0.39, 0.29) is 5.97 Å². The second-order valence-corrected chi connectivity index (χ2v) is 7.20. The third-order valence-corrected chi connectivity index (χ3v) is 6.08. The molecule has 0 saturated carbocycles. The van der Waals surface area contributed by atoms with Gasteiger partial charge >= 0.3 is 5.97 Å². The van der Waals surface area contributed by atoms with Gasteiger partial charge in [-0.25, -0.2) is 4.79 Å². The van der Waals surface area contributed by atoms with Crippen molar-refractivity contribution < 1.29 is 9.53 Å². The molecule has 0 aliphatic heterocycles. The van der Waals surface area contributed by atoms with E-state index >= 15 is 0 Å². The number of hydrogen-bond donors (Lipinski definition) is 0. The topological polar surface area (TPSA) is 26.3 Å². The lowest BCUT2D eigenvalue weighted by atomic mass is 10.2. The Balaban J connectivity index is 2.20. The molecule has 3 rings (SSSR count). The first-order valence-electron chi connectivity index (χ1n) is 7.39. The molecular formula is C20H17O2P. The molecule has 0 aliphatic carbocycles. The smallest absolute Gasteiger partial charge is 0.338 e.